The molecule has 0 bridgehead atoms. The molecule has 0 aliphatic rings. The zero-order valence-corrected chi connectivity index (χ0v) is 13.4. The van der Waals surface area contributed by atoms with Crippen molar-refractivity contribution in [2.75, 3.05) is 0 Å². The van der Waals surface area contributed by atoms with Crippen LogP contribution in [-0.4, -0.2) is 25.9 Å². The highest BCUT2D eigenvalue weighted by Crippen LogP contribution is 2.25. The van der Waals surface area contributed by atoms with Gasteiger partial charge in [0.15, 0.2) is 11.6 Å². The largest absolute Gasteiger partial charge is 0.505 e. The van der Waals surface area contributed by atoms with Crippen molar-refractivity contribution in [1.82, 2.24) is 9.55 Å². The Kier molecular flexibility index (Phi) is 4.62. The number of aromatic nitrogens is 2. The molecule has 0 saturated carbocycles. The van der Waals surface area contributed by atoms with E-state index in [0.29, 0.717) is 13.0 Å². The molecule has 0 aliphatic carbocycles. The van der Waals surface area contributed by atoms with Gasteiger partial charge in [-0.3, -0.25) is 0 Å². The number of nitrogens with zero attached hydrogens (tertiary/aromatic N) is 2. The van der Waals surface area contributed by atoms with Crippen LogP contribution in [0.2, 0.25) is 0 Å². The molecule has 0 radical (unpaired) electrons. The molecular formula is C19H19FN2O2. The van der Waals surface area contributed by atoms with E-state index in [0.717, 1.165) is 22.5 Å². The summed E-state index contributed by atoms with van der Waals surface area (Å²) in [5.74, 6) is -1.01. The normalized spacial score (nSPS) is 12.3. The van der Waals surface area contributed by atoms with Crippen LogP contribution >= 0.6 is 0 Å². The molecule has 24 heavy (non-hydrogen) atoms. The Hall–Kier alpha value is -2.66. The Bertz CT molecular complexity index is 829. The molecule has 2 N–H and O–H groups in total. The number of halogens is 1. The summed E-state index contributed by atoms with van der Waals surface area (Å²) in [6.45, 7) is 2.17. The summed E-state index contributed by atoms with van der Waals surface area (Å²) in [5.41, 5.74) is 3.47. The van der Waals surface area contributed by atoms with Crippen LogP contribution in [0.3, 0.4) is 0 Å². The number of benzene rings is 2. The van der Waals surface area contributed by atoms with E-state index < -0.39 is 11.9 Å². The van der Waals surface area contributed by atoms with Crippen LogP contribution in [-0.2, 0) is 13.0 Å². The van der Waals surface area contributed by atoms with Crippen LogP contribution in [0.5, 0.6) is 5.75 Å². The number of aliphatic hydroxyl groups is 1. The summed E-state index contributed by atoms with van der Waals surface area (Å²) in [5, 5.41) is 19.4. The van der Waals surface area contributed by atoms with Crippen molar-refractivity contribution in [3.8, 4) is 17.0 Å². The van der Waals surface area contributed by atoms with E-state index in [1.165, 1.54) is 12.1 Å². The second kappa shape index (κ2) is 6.84. The van der Waals surface area contributed by atoms with Crippen molar-refractivity contribution in [3.05, 3.63) is 71.9 Å². The molecule has 2 aromatic carbocycles. The van der Waals surface area contributed by atoms with Crippen molar-refractivity contribution in [2.24, 2.45) is 0 Å². The van der Waals surface area contributed by atoms with Gasteiger partial charge in [0.2, 0.25) is 0 Å². The van der Waals surface area contributed by atoms with E-state index in [-0.39, 0.29) is 5.75 Å². The van der Waals surface area contributed by atoms with Crippen molar-refractivity contribution < 1.29 is 14.6 Å². The van der Waals surface area contributed by atoms with E-state index in [1.807, 2.05) is 34.9 Å². The van der Waals surface area contributed by atoms with Crippen molar-refractivity contribution in [3.63, 3.8) is 0 Å². The van der Waals surface area contributed by atoms with Gasteiger partial charge in [0.1, 0.15) is 0 Å². The zero-order chi connectivity index (χ0) is 17.1. The molecule has 0 saturated heterocycles. The molecule has 1 heterocycles. The highest BCUT2D eigenvalue weighted by atomic mass is 19.1. The number of phenolic OH excluding ortho intramolecular Hbond substituents is 1. The Morgan fingerprint density at radius 3 is 2.58 bits per heavy atom. The average molecular weight is 326 g/mol. The fourth-order valence-corrected chi connectivity index (χ4v) is 2.73. The molecule has 1 aromatic heterocycles. The fraction of sp³-hybridized carbons (Fsp3) is 0.211. The molecule has 3 aromatic rings. The van der Waals surface area contributed by atoms with Crippen LogP contribution in [0.4, 0.5) is 4.39 Å². The third-order valence-corrected chi connectivity index (χ3v) is 3.85. The van der Waals surface area contributed by atoms with Gasteiger partial charge in [-0.25, -0.2) is 9.37 Å². The summed E-state index contributed by atoms with van der Waals surface area (Å²) in [6.07, 6.45) is 1.65. The molecule has 1 unspecified atom stereocenters. The van der Waals surface area contributed by atoms with Gasteiger partial charge in [-0.15, -0.1) is 0 Å². The number of phenols is 1. The SMILES string of the molecule is CC(O)Cc1c(-c2ccccc2)ncn1Cc1ccc(F)c(O)c1. The third-order valence-electron chi connectivity index (χ3n) is 3.85. The summed E-state index contributed by atoms with van der Waals surface area (Å²) in [7, 11) is 0. The van der Waals surface area contributed by atoms with Gasteiger partial charge in [0.05, 0.1) is 18.1 Å². The maximum absolute atomic E-state index is 13.2. The first-order chi connectivity index (χ1) is 11.5. The smallest absolute Gasteiger partial charge is 0.164 e. The standard InChI is InChI=1S/C19H19FN2O2/c1-13(23)9-17-19(15-5-3-2-4-6-15)21-12-22(17)11-14-7-8-16(20)18(24)10-14/h2-8,10,12-13,23-24H,9,11H2,1H3. The van der Waals surface area contributed by atoms with Gasteiger partial charge in [0.25, 0.3) is 0 Å². The Morgan fingerprint density at radius 1 is 1.17 bits per heavy atom. The molecule has 3 rings (SSSR count). The molecule has 0 spiro atoms. The lowest BCUT2D eigenvalue weighted by atomic mass is 10.1. The maximum atomic E-state index is 13.2. The number of hydrogen-bond acceptors (Lipinski definition) is 3. The number of rotatable bonds is 5. The lowest BCUT2D eigenvalue weighted by Crippen LogP contribution is -2.11. The van der Waals surface area contributed by atoms with Crippen LogP contribution in [0.15, 0.2) is 54.9 Å². The first-order valence-corrected chi connectivity index (χ1v) is 7.79. The van der Waals surface area contributed by atoms with Gasteiger partial charge in [-0.05, 0) is 24.6 Å². The number of imidazole rings is 1. The maximum Gasteiger partial charge on any atom is 0.164 e. The van der Waals surface area contributed by atoms with E-state index in [9.17, 15) is 14.6 Å². The molecule has 4 nitrogen and oxygen atoms in total. The second-order valence-corrected chi connectivity index (χ2v) is 5.87. The lowest BCUT2D eigenvalue weighted by molar-refractivity contribution is 0.193. The predicted octanol–water partition coefficient (Wildman–Crippen LogP) is 3.37. The van der Waals surface area contributed by atoms with E-state index in [2.05, 4.69) is 4.98 Å². The van der Waals surface area contributed by atoms with Gasteiger partial charge >= 0.3 is 0 Å². The molecular weight excluding hydrogens is 307 g/mol. The van der Waals surface area contributed by atoms with Gasteiger partial charge in [-0.1, -0.05) is 36.4 Å². The summed E-state index contributed by atoms with van der Waals surface area (Å²) in [6, 6.07) is 14.1. The lowest BCUT2D eigenvalue weighted by Gasteiger charge is -2.12. The van der Waals surface area contributed by atoms with Crippen LogP contribution in [0, 0.1) is 5.82 Å². The zero-order valence-electron chi connectivity index (χ0n) is 13.4. The van der Waals surface area contributed by atoms with Crippen molar-refractivity contribution in [1.29, 1.82) is 0 Å². The van der Waals surface area contributed by atoms with E-state index in [4.69, 9.17) is 0 Å². The Balaban J connectivity index is 1.98. The molecule has 5 heteroatoms. The predicted molar refractivity (Wildman–Crippen MR) is 90.2 cm³/mol. The van der Waals surface area contributed by atoms with E-state index >= 15 is 0 Å². The average Bonchev–Trinajstić information content (AvgIpc) is 2.94. The monoisotopic (exact) mass is 326 g/mol. The minimum atomic E-state index is -0.640. The number of hydrogen-bond donors (Lipinski definition) is 2. The topological polar surface area (TPSA) is 58.3 Å². The first kappa shape index (κ1) is 16.2. The third kappa shape index (κ3) is 3.46. The van der Waals surface area contributed by atoms with E-state index in [1.54, 1.807) is 19.3 Å². The quantitative estimate of drug-likeness (QED) is 0.756. The molecule has 1 atom stereocenters. The molecule has 0 aliphatic heterocycles. The Labute approximate surface area is 139 Å². The fourth-order valence-electron chi connectivity index (χ4n) is 2.73. The number of aliphatic hydroxyl groups excluding tert-OH is 1. The van der Waals surface area contributed by atoms with Gasteiger partial charge in [0, 0.05) is 24.2 Å². The summed E-state index contributed by atoms with van der Waals surface area (Å²) >= 11 is 0. The highest BCUT2D eigenvalue weighted by Gasteiger charge is 2.15. The van der Waals surface area contributed by atoms with Gasteiger partial charge in [-0.2, -0.15) is 0 Å². The van der Waals surface area contributed by atoms with Crippen LogP contribution in [0.25, 0.3) is 11.3 Å². The molecule has 124 valence electrons. The summed E-state index contributed by atoms with van der Waals surface area (Å²) in [4.78, 5) is 4.49. The van der Waals surface area contributed by atoms with Crippen LogP contribution in [0.1, 0.15) is 18.2 Å². The summed E-state index contributed by atoms with van der Waals surface area (Å²) < 4.78 is 15.1. The number of aromatic hydroxyl groups is 1. The minimum Gasteiger partial charge on any atom is -0.505 e. The minimum absolute atomic E-state index is 0.368. The highest BCUT2D eigenvalue weighted by molar-refractivity contribution is 5.62. The second-order valence-electron chi connectivity index (χ2n) is 5.87. The Morgan fingerprint density at radius 2 is 1.92 bits per heavy atom. The van der Waals surface area contributed by atoms with Crippen molar-refractivity contribution in [2.45, 2.75) is 26.0 Å². The van der Waals surface area contributed by atoms with Gasteiger partial charge < -0.3 is 14.8 Å². The first-order valence-electron chi connectivity index (χ1n) is 7.79. The molecule has 0 amide bonds. The molecule has 0 fully saturated rings. The van der Waals surface area contributed by atoms with Crippen molar-refractivity contribution >= 4 is 0 Å². The van der Waals surface area contributed by atoms with Crippen LogP contribution < -0.4 is 0 Å².